The van der Waals surface area contributed by atoms with Crippen molar-refractivity contribution in [2.75, 3.05) is 19.7 Å². The summed E-state index contributed by atoms with van der Waals surface area (Å²) >= 11 is 0. The number of likely N-dealkylation sites (tertiary alicyclic amines) is 1. The first-order valence-corrected chi connectivity index (χ1v) is 7.09. The molecule has 1 saturated heterocycles. The quantitative estimate of drug-likeness (QED) is 0.664. The number of guanidine groups is 1. The summed E-state index contributed by atoms with van der Waals surface area (Å²) in [5, 5.41) is 0. The molecule has 1 aromatic carbocycles. The predicted molar refractivity (Wildman–Crippen MR) is 76.6 cm³/mol. The highest BCUT2D eigenvalue weighted by Gasteiger charge is 2.39. The van der Waals surface area contributed by atoms with Crippen molar-refractivity contribution in [3.05, 3.63) is 29.8 Å². The minimum Gasteiger partial charge on any atom is -0.494 e. The molecule has 1 saturated carbocycles. The summed E-state index contributed by atoms with van der Waals surface area (Å²) in [7, 11) is 0. The second-order valence-electron chi connectivity index (χ2n) is 5.24. The third-order valence-corrected chi connectivity index (χ3v) is 3.83. The van der Waals surface area contributed by atoms with Gasteiger partial charge in [-0.3, -0.25) is 0 Å². The highest BCUT2D eigenvalue weighted by atomic mass is 16.5. The number of nitrogens with zero attached hydrogens (tertiary/aromatic N) is 2. The average molecular weight is 259 g/mol. The summed E-state index contributed by atoms with van der Waals surface area (Å²) < 4.78 is 5.54. The standard InChI is InChI=1S/C15H21N3O/c1-2-19-12-6-3-5-11(9-12)13-10-14(13)17-15(16)18-7-4-8-18/h3,5-6,9,13-14H,2,4,7-8,10H2,1H3,(H2,16,17)/t13-,14+/m0/s1. The number of benzene rings is 1. The molecule has 19 heavy (non-hydrogen) atoms. The van der Waals surface area contributed by atoms with Crippen LogP contribution < -0.4 is 10.5 Å². The summed E-state index contributed by atoms with van der Waals surface area (Å²) in [4.78, 5) is 6.77. The van der Waals surface area contributed by atoms with Gasteiger partial charge in [0.15, 0.2) is 5.96 Å². The lowest BCUT2D eigenvalue weighted by atomic mass is 10.1. The van der Waals surface area contributed by atoms with Crippen LogP contribution in [0.15, 0.2) is 29.3 Å². The number of ether oxygens (including phenoxy) is 1. The normalized spacial score (nSPS) is 25.9. The molecule has 3 rings (SSSR count). The Kier molecular flexibility index (Phi) is 3.32. The van der Waals surface area contributed by atoms with Crippen molar-refractivity contribution < 1.29 is 4.74 Å². The maximum absolute atomic E-state index is 5.99. The molecule has 0 bridgehead atoms. The number of aliphatic imine (C=N–C) groups is 1. The molecule has 0 unspecified atom stereocenters. The fourth-order valence-electron chi connectivity index (χ4n) is 2.48. The van der Waals surface area contributed by atoms with E-state index in [0.717, 1.165) is 31.2 Å². The van der Waals surface area contributed by atoms with Gasteiger partial charge in [-0.15, -0.1) is 0 Å². The van der Waals surface area contributed by atoms with Crippen LogP contribution in [0.1, 0.15) is 31.2 Å². The zero-order chi connectivity index (χ0) is 13.2. The summed E-state index contributed by atoms with van der Waals surface area (Å²) in [6, 6.07) is 8.70. The SMILES string of the molecule is CCOc1cccc([C@@H]2C[C@H]2N=C(N)N2CCC2)c1. The number of hydrogen-bond acceptors (Lipinski definition) is 2. The van der Waals surface area contributed by atoms with E-state index in [-0.39, 0.29) is 0 Å². The average Bonchev–Trinajstić information content (AvgIpc) is 3.06. The number of nitrogens with two attached hydrogens (primary N) is 1. The van der Waals surface area contributed by atoms with E-state index < -0.39 is 0 Å². The second-order valence-corrected chi connectivity index (χ2v) is 5.24. The fraction of sp³-hybridized carbons (Fsp3) is 0.533. The third kappa shape index (κ3) is 2.67. The molecule has 0 radical (unpaired) electrons. The molecule has 2 fully saturated rings. The molecule has 2 aliphatic rings. The van der Waals surface area contributed by atoms with Crippen molar-refractivity contribution in [1.29, 1.82) is 0 Å². The van der Waals surface area contributed by atoms with E-state index in [1.807, 2.05) is 13.0 Å². The van der Waals surface area contributed by atoms with Crippen molar-refractivity contribution >= 4 is 5.96 Å². The van der Waals surface area contributed by atoms with E-state index in [1.165, 1.54) is 12.0 Å². The maximum Gasteiger partial charge on any atom is 0.191 e. The largest absolute Gasteiger partial charge is 0.494 e. The Balaban J connectivity index is 1.64. The van der Waals surface area contributed by atoms with E-state index >= 15 is 0 Å². The van der Waals surface area contributed by atoms with Crippen molar-refractivity contribution in [2.45, 2.75) is 31.7 Å². The lowest BCUT2D eigenvalue weighted by Crippen LogP contribution is -2.46. The first-order chi connectivity index (χ1) is 9.28. The van der Waals surface area contributed by atoms with E-state index in [1.54, 1.807) is 0 Å². The van der Waals surface area contributed by atoms with E-state index in [4.69, 9.17) is 10.5 Å². The van der Waals surface area contributed by atoms with Crippen LogP contribution >= 0.6 is 0 Å². The highest BCUT2D eigenvalue weighted by Crippen LogP contribution is 2.44. The van der Waals surface area contributed by atoms with Crippen molar-refractivity contribution in [3.8, 4) is 5.75 Å². The Bertz CT molecular complexity index is 482. The van der Waals surface area contributed by atoms with Gasteiger partial charge < -0.3 is 15.4 Å². The van der Waals surface area contributed by atoms with Gasteiger partial charge in [-0.05, 0) is 37.5 Å². The van der Waals surface area contributed by atoms with E-state index in [9.17, 15) is 0 Å². The second kappa shape index (κ2) is 5.11. The van der Waals surface area contributed by atoms with Gasteiger partial charge in [0.2, 0.25) is 0 Å². The Hall–Kier alpha value is -1.71. The zero-order valence-corrected chi connectivity index (χ0v) is 11.4. The predicted octanol–water partition coefficient (Wildman–Crippen LogP) is 1.96. The first kappa shape index (κ1) is 12.3. The highest BCUT2D eigenvalue weighted by molar-refractivity contribution is 5.79. The Morgan fingerprint density at radius 1 is 1.47 bits per heavy atom. The van der Waals surface area contributed by atoms with Gasteiger partial charge in [-0.1, -0.05) is 12.1 Å². The van der Waals surface area contributed by atoms with Crippen molar-refractivity contribution in [3.63, 3.8) is 0 Å². The molecule has 1 heterocycles. The molecular weight excluding hydrogens is 238 g/mol. The van der Waals surface area contributed by atoms with Gasteiger partial charge in [-0.25, -0.2) is 4.99 Å². The van der Waals surface area contributed by atoms with Crippen LogP contribution in [-0.2, 0) is 0 Å². The molecule has 2 N–H and O–H groups in total. The van der Waals surface area contributed by atoms with Crippen molar-refractivity contribution in [1.82, 2.24) is 4.90 Å². The summed E-state index contributed by atoms with van der Waals surface area (Å²) in [5.74, 6) is 2.19. The van der Waals surface area contributed by atoms with Crippen molar-refractivity contribution in [2.24, 2.45) is 10.7 Å². The molecule has 4 nitrogen and oxygen atoms in total. The molecule has 4 heteroatoms. The molecule has 1 aromatic rings. The van der Waals surface area contributed by atoms with Gasteiger partial charge in [0, 0.05) is 19.0 Å². The fourth-order valence-corrected chi connectivity index (χ4v) is 2.48. The lowest BCUT2D eigenvalue weighted by Gasteiger charge is -2.31. The van der Waals surface area contributed by atoms with Crippen LogP contribution in [0.5, 0.6) is 5.75 Å². The third-order valence-electron chi connectivity index (χ3n) is 3.83. The molecule has 102 valence electrons. The summed E-state index contributed by atoms with van der Waals surface area (Å²) in [6.45, 7) is 4.83. The Labute approximate surface area is 114 Å². The van der Waals surface area contributed by atoms with Gasteiger partial charge in [-0.2, -0.15) is 0 Å². The van der Waals surface area contributed by atoms with Gasteiger partial charge in [0.05, 0.1) is 12.6 Å². The topological polar surface area (TPSA) is 50.9 Å². The van der Waals surface area contributed by atoms with Gasteiger partial charge in [0.25, 0.3) is 0 Å². The summed E-state index contributed by atoms with van der Waals surface area (Å²) in [5.41, 5.74) is 7.30. The first-order valence-electron chi connectivity index (χ1n) is 7.09. The van der Waals surface area contributed by atoms with E-state index in [0.29, 0.717) is 18.6 Å². The monoisotopic (exact) mass is 259 g/mol. The molecule has 2 atom stereocenters. The lowest BCUT2D eigenvalue weighted by molar-refractivity contribution is 0.295. The molecule has 1 aliphatic carbocycles. The molecule has 1 aliphatic heterocycles. The summed E-state index contributed by atoms with van der Waals surface area (Å²) in [6.07, 6.45) is 2.34. The van der Waals surface area contributed by atoms with Crippen LogP contribution in [0.3, 0.4) is 0 Å². The van der Waals surface area contributed by atoms with Gasteiger partial charge in [0.1, 0.15) is 5.75 Å². The minimum atomic E-state index is 0.359. The smallest absolute Gasteiger partial charge is 0.191 e. The van der Waals surface area contributed by atoms with Crippen LogP contribution in [0.4, 0.5) is 0 Å². The zero-order valence-electron chi connectivity index (χ0n) is 11.4. The van der Waals surface area contributed by atoms with Gasteiger partial charge >= 0.3 is 0 Å². The van der Waals surface area contributed by atoms with E-state index in [2.05, 4.69) is 28.1 Å². The van der Waals surface area contributed by atoms with Crippen LogP contribution in [0, 0.1) is 0 Å². The van der Waals surface area contributed by atoms with Crippen LogP contribution in [0.2, 0.25) is 0 Å². The molecule has 0 spiro atoms. The molecular formula is C15H21N3O. The Morgan fingerprint density at radius 3 is 3.00 bits per heavy atom. The van der Waals surface area contributed by atoms with Crippen LogP contribution in [0.25, 0.3) is 0 Å². The maximum atomic E-state index is 5.99. The Morgan fingerprint density at radius 2 is 2.32 bits per heavy atom. The molecule has 0 aromatic heterocycles. The number of hydrogen-bond donors (Lipinski definition) is 1. The minimum absolute atomic E-state index is 0.359. The number of rotatable bonds is 4. The van der Waals surface area contributed by atoms with Crippen LogP contribution in [-0.4, -0.2) is 36.6 Å². The molecule has 0 amide bonds.